The highest BCUT2D eigenvalue weighted by Crippen LogP contribution is 2.29. The van der Waals surface area contributed by atoms with E-state index in [0.717, 1.165) is 23.5 Å². The number of fused-ring (bicyclic) bond motifs is 1. The van der Waals surface area contributed by atoms with Crippen LogP contribution in [-0.4, -0.2) is 45.7 Å². The highest BCUT2D eigenvalue weighted by molar-refractivity contribution is 5.95. The molecule has 0 saturated heterocycles. The summed E-state index contributed by atoms with van der Waals surface area (Å²) in [6.45, 7) is 3.42. The Morgan fingerprint density at radius 2 is 1.83 bits per heavy atom. The van der Waals surface area contributed by atoms with Gasteiger partial charge in [-0.05, 0) is 30.7 Å². The van der Waals surface area contributed by atoms with Crippen LogP contribution in [-0.2, 0) is 12.7 Å². The van der Waals surface area contributed by atoms with E-state index >= 15 is 0 Å². The summed E-state index contributed by atoms with van der Waals surface area (Å²) in [5.74, 6) is 0.0521. The third-order valence-electron chi connectivity index (χ3n) is 5.29. The van der Waals surface area contributed by atoms with E-state index in [1.807, 2.05) is 31.3 Å². The number of hydrogen-bond donors (Lipinski definition) is 0. The molecule has 0 unspecified atom stereocenters. The number of aromatic nitrogens is 3. The van der Waals surface area contributed by atoms with Gasteiger partial charge in [-0.15, -0.1) is 0 Å². The van der Waals surface area contributed by atoms with Crippen molar-refractivity contribution in [3.05, 3.63) is 71.2 Å². The van der Waals surface area contributed by atoms with E-state index in [1.54, 1.807) is 11.8 Å². The van der Waals surface area contributed by atoms with Crippen LogP contribution in [0.3, 0.4) is 0 Å². The molecule has 3 aromatic rings. The SMILES string of the molecule is Cc1c(C(=O)N2CCN(C)c3ccccc3C2)cnn1-c1ccc(C(F)(F)F)cn1. The van der Waals surface area contributed by atoms with Crippen molar-refractivity contribution in [1.29, 1.82) is 0 Å². The molecule has 0 spiro atoms. The number of carbonyl (C=O) groups is 1. The number of nitrogens with zero attached hydrogens (tertiary/aromatic N) is 5. The summed E-state index contributed by atoms with van der Waals surface area (Å²) < 4.78 is 39.7. The van der Waals surface area contributed by atoms with Crippen LogP contribution in [0.15, 0.2) is 48.8 Å². The van der Waals surface area contributed by atoms with Gasteiger partial charge in [0.15, 0.2) is 5.82 Å². The Balaban J connectivity index is 1.60. The van der Waals surface area contributed by atoms with Crippen LogP contribution in [0.25, 0.3) is 5.82 Å². The van der Waals surface area contributed by atoms with E-state index in [1.165, 1.54) is 16.9 Å². The zero-order valence-corrected chi connectivity index (χ0v) is 16.5. The normalized spacial score (nSPS) is 14.4. The van der Waals surface area contributed by atoms with Gasteiger partial charge >= 0.3 is 6.18 Å². The zero-order chi connectivity index (χ0) is 21.5. The standard InChI is InChI=1S/C21H20F3N5O/c1-14-17(12-26-29(14)19-8-7-16(11-25-19)21(22,23)24)20(30)28-10-9-27(2)18-6-4-3-5-15(18)13-28/h3-8,11-12H,9-10,13H2,1-2H3. The Kier molecular flexibility index (Phi) is 4.97. The van der Waals surface area contributed by atoms with E-state index in [9.17, 15) is 18.0 Å². The first-order valence-electron chi connectivity index (χ1n) is 9.42. The lowest BCUT2D eigenvalue weighted by Crippen LogP contribution is -2.34. The fourth-order valence-corrected chi connectivity index (χ4v) is 3.57. The van der Waals surface area contributed by atoms with Crippen molar-refractivity contribution in [2.75, 3.05) is 25.0 Å². The summed E-state index contributed by atoms with van der Waals surface area (Å²) in [4.78, 5) is 20.9. The maximum atomic E-state index is 13.2. The summed E-state index contributed by atoms with van der Waals surface area (Å²) in [6, 6.07) is 10.1. The van der Waals surface area contributed by atoms with Crippen LogP contribution in [0, 0.1) is 6.92 Å². The van der Waals surface area contributed by atoms with Gasteiger partial charge < -0.3 is 9.80 Å². The molecule has 1 aliphatic rings. The van der Waals surface area contributed by atoms with E-state index in [0.29, 0.717) is 30.9 Å². The monoisotopic (exact) mass is 415 g/mol. The minimum absolute atomic E-state index is 0.171. The number of likely N-dealkylation sites (N-methyl/N-ethyl adjacent to an activating group) is 1. The van der Waals surface area contributed by atoms with E-state index in [4.69, 9.17) is 0 Å². The third-order valence-corrected chi connectivity index (χ3v) is 5.29. The molecule has 0 bridgehead atoms. The second-order valence-electron chi connectivity index (χ2n) is 7.24. The third kappa shape index (κ3) is 3.62. The highest BCUT2D eigenvalue weighted by Gasteiger charge is 2.31. The van der Waals surface area contributed by atoms with E-state index in [-0.39, 0.29) is 11.7 Å². The van der Waals surface area contributed by atoms with Crippen molar-refractivity contribution in [3.63, 3.8) is 0 Å². The number of pyridine rings is 1. The van der Waals surface area contributed by atoms with Gasteiger partial charge in [0, 0.05) is 38.6 Å². The van der Waals surface area contributed by atoms with Gasteiger partial charge in [-0.2, -0.15) is 18.3 Å². The van der Waals surface area contributed by atoms with Gasteiger partial charge in [0.05, 0.1) is 23.0 Å². The Morgan fingerprint density at radius 3 is 2.53 bits per heavy atom. The van der Waals surface area contributed by atoms with Crippen molar-refractivity contribution >= 4 is 11.6 Å². The molecule has 0 aliphatic carbocycles. The second-order valence-corrected chi connectivity index (χ2v) is 7.24. The predicted octanol–water partition coefficient (Wildman–Crippen LogP) is 3.69. The number of halogens is 3. The Morgan fingerprint density at radius 1 is 1.07 bits per heavy atom. The lowest BCUT2D eigenvalue weighted by molar-refractivity contribution is -0.137. The lowest BCUT2D eigenvalue weighted by atomic mass is 10.1. The summed E-state index contributed by atoms with van der Waals surface area (Å²) >= 11 is 0. The van der Waals surface area contributed by atoms with Gasteiger partial charge in [-0.3, -0.25) is 4.79 Å². The minimum Gasteiger partial charge on any atom is -0.373 e. The molecule has 1 aliphatic heterocycles. The van der Waals surface area contributed by atoms with E-state index in [2.05, 4.69) is 15.0 Å². The first-order chi connectivity index (χ1) is 14.3. The van der Waals surface area contributed by atoms with Gasteiger partial charge in [-0.25, -0.2) is 9.67 Å². The summed E-state index contributed by atoms with van der Waals surface area (Å²) in [7, 11) is 1.99. The van der Waals surface area contributed by atoms with Crippen LogP contribution in [0.2, 0.25) is 0 Å². The summed E-state index contributed by atoms with van der Waals surface area (Å²) in [5.41, 5.74) is 2.24. The maximum Gasteiger partial charge on any atom is 0.417 e. The lowest BCUT2D eigenvalue weighted by Gasteiger charge is -2.21. The Bertz CT molecular complexity index is 1070. The molecule has 0 saturated carbocycles. The second kappa shape index (κ2) is 7.47. The minimum atomic E-state index is -4.46. The van der Waals surface area contributed by atoms with Gasteiger partial charge in [0.1, 0.15) is 0 Å². The first-order valence-corrected chi connectivity index (χ1v) is 9.42. The maximum absolute atomic E-state index is 13.2. The van der Waals surface area contributed by atoms with Crippen molar-refractivity contribution in [1.82, 2.24) is 19.7 Å². The van der Waals surface area contributed by atoms with Gasteiger partial charge in [0.25, 0.3) is 5.91 Å². The van der Waals surface area contributed by atoms with E-state index < -0.39 is 11.7 Å². The van der Waals surface area contributed by atoms with Crippen LogP contribution in [0.1, 0.15) is 27.2 Å². The molecule has 1 aromatic carbocycles. The van der Waals surface area contributed by atoms with Gasteiger partial charge in [0.2, 0.25) is 0 Å². The molecule has 6 nitrogen and oxygen atoms in total. The molecule has 9 heteroatoms. The predicted molar refractivity (Wildman–Crippen MR) is 106 cm³/mol. The Labute approximate surface area is 171 Å². The number of alkyl halides is 3. The molecule has 30 heavy (non-hydrogen) atoms. The number of para-hydroxylation sites is 1. The average Bonchev–Trinajstić information content (AvgIpc) is 3.02. The van der Waals surface area contributed by atoms with Crippen LogP contribution in [0.4, 0.5) is 18.9 Å². The first kappa shape index (κ1) is 19.9. The largest absolute Gasteiger partial charge is 0.417 e. The van der Waals surface area contributed by atoms with Crippen LogP contribution in [0.5, 0.6) is 0 Å². The molecule has 1 amide bonds. The number of amides is 1. The molecular formula is C21H20F3N5O. The van der Waals surface area contributed by atoms with Crippen molar-refractivity contribution in [2.45, 2.75) is 19.6 Å². The van der Waals surface area contributed by atoms with Gasteiger partial charge in [-0.1, -0.05) is 18.2 Å². The number of anilines is 1. The molecule has 0 fully saturated rings. The quantitative estimate of drug-likeness (QED) is 0.641. The molecule has 2 aromatic heterocycles. The highest BCUT2D eigenvalue weighted by atomic mass is 19.4. The van der Waals surface area contributed by atoms with Crippen molar-refractivity contribution < 1.29 is 18.0 Å². The molecule has 0 atom stereocenters. The number of benzene rings is 1. The van der Waals surface area contributed by atoms with Crippen LogP contribution >= 0.6 is 0 Å². The fraction of sp³-hybridized carbons (Fsp3) is 0.286. The smallest absolute Gasteiger partial charge is 0.373 e. The molecule has 156 valence electrons. The number of rotatable bonds is 2. The summed E-state index contributed by atoms with van der Waals surface area (Å²) in [5, 5.41) is 4.19. The molecule has 3 heterocycles. The van der Waals surface area contributed by atoms with Crippen molar-refractivity contribution in [3.8, 4) is 5.82 Å². The Hall–Kier alpha value is -3.36. The molecule has 0 N–H and O–H groups in total. The molecular weight excluding hydrogens is 395 g/mol. The topological polar surface area (TPSA) is 54.3 Å². The average molecular weight is 415 g/mol. The molecule has 4 rings (SSSR count). The number of hydrogen-bond acceptors (Lipinski definition) is 4. The zero-order valence-electron chi connectivity index (χ0n) is 16.5. The fourth-order valence-electron chi connectivity index (χ4n) is 3.57. The summed E-state index contributed by atoms with van der Waals surface area (Å²) in [6.07, 6.45) is -2.25. The van der Waals surface area contributed by atoms with Crippen molar-refractivity contribution in [2.24, 2.45) is 0 Å². The number of carbonyl (C=O) groups excluding carboxylic acids is 1. The molecule has 0 radical (unpaired) electrons. The van der Waals surface area contributed by atoms with Crippen LogP contribution < -0.4 is 4.90 Å².